The first-order chi connectivity index (χ1) is 23.3. The molecule has 0 bridgehead atoms. The van der Waals surface area contributed by atoms with E-state index in [9.17, 15) is 0 Å². The zero-order valence-corrected chi connectivity index (χ0v) is 28.8. The van der Waals surface area contributed by atoms with Crippen molar-refractivity contribution >= 4 is 11.7 Å². The van der Waals surface area contributed by atoms with Crippen LogP contribution < -0.4 is 21.2 Å². The Labute approximate surface area is 284 Å². The molecule has 0 spiro atoms. The molecule has 1 unspecified atom stereocenters. The fourth-order valence-electron chi connectivity index (χ4n) is 5.66. The minimum atomic E-state index is -0.196. The summed E-state index contributed by atoms with van der Waals surface area (Å²) in [6.45, 7) is 12.2. The largest absolute Gasteiger partial charge is 0.492 e. The standard InChI is InChI=1S/C35H51N11O2/c1-5-6-7-8-33(30-23-40-43(4)24-30)41-34(27(2)36)46(37)26-32-25-45(18-20-48-32)35-38-21-29(22-39-35)28-9-11-31(12-10-28)47-19-17-44-15-13-42(3)14-16-44/h7-12,21-24,32H,5-6,13-20,25-26,36-37H2,1-4H3/b8-7+,34-27-,41-33-. The van der Waals surface area contributed by atoms with Crippen LogP contribution in [-0.4, -0.2) is 119 Å². The van der Waals surface area contributed by atoms with Gasteiger partial charge in [0.1, 0.15) is 12.4 Å². The van der Waals surface area contributed by atoms with Crippen molar-refractivity contribution in [3.05, 3.63) is 78.3 Å². The third-order valence-electron chi connectivity index (χ3n) is 8.50. The van der Waals surface area contributed by atoms with Crippen LogP contribution in [0.2, 0.25) is 0 Å². The minimum Gasteiger partial charge on any atom is -0.492 e. The maximum atomic E-state index is 6.58. The number of piperazine rings is 1. The summed E-state index contributed by atoms with van der Waals surface area (Å²) < 4.78 is 13.9. The lowest BCUT2D eigenvalue weighted by molar-refractivity contribution is 0.0210. The number of nitrogens with two attached hydrogens (primary N) is 2. The predicted octanol–water partition coefficient (Wildman–Crippen LogP) is 2.88. The Hall–Kier alpha value is -4.30. The van der Waals surface area contributed by atoms with Gasteiger partial charge in [0, 0.05) is 88.3 Å². The molecule has 5 rings (SSSR count). The Morgan fingerprint density at radius 1 is 1.06 bits per heavy atom. The first-order valence-electron chi connectivity index (χ1n) is 16.8. The van der Waals surface area contributed by atoms with E-state index in [1.54, 1.807) is 22.8 Å². The first kappa shape index (κ1) is 35.0. The van der Waals surface area contributed by atoms with Crippen LogP contribution in [0.4, 0.5) is 5.95 Å². The van der Waals surface area contributed by atoms with Crippen molar-refractivity contribution in [2.75, 3.05) is 77.5 Å². The summed E-state index contributed by atoms with van der Waals surface area (Å²) in [5.41, 5.74) is 10.4. The van der Waals surface area contributed by atoms with E-state index in [4.69, 9.17) is 36.0 Å². The number of likely N-dealkylation sites (N-methyl/N-ethyl adjacent to an activating group) is 1. The maximum absolute atomic E-state index is 6.58. The van der Waals surface area contributed by atoms with E-state index >= 15 is 0 Å². The van der Waals surface area contributed by atoms with Crippen LogP contribution in [-0.2, 0) is 11.8 Å². The molecule has 1 aromatic carbocycles. The smallest absolute Gasteiger partial charge is 0.225 e. The summed E-state index contributed by atoms with van der Waals surface area (Å²) in [7, 11) is 4.05. The van der Waals surface area contributed by atoms with Crippen LogP contribution in [0.5, 0.6) is 5.75 Å². The second-order valence-corrected chi connectivity index (χ2v) is 12.5. The molecule has 0 radical (unpaired) electrons. The molecular weight excluding hydrogens is 606 g/mol. The predicted molar refractivity (Wildman–Crippen MR) is 190 cm³/mol. The van der Waals surface area contributed by atoms with Crippen LogP contribution >= 0.6 is 0 Å². The van der Waals surface area contributed by atoms with Crippen molar-refractivity contribution in [2.24, 2.45) is 23.6 Å². The number of aryl methyl sites for hydroxylation is 1. The molecule has 4 N–H and O–H groups in total. The van der Waals surface area contributed by atoms with Gasteiger partial charge in [-0.2, -0.15) is 5.10 Å². The number of morpholine rings is 1. The maximum Gasteiger partial charge on any atom is 0.225 e. The van der Waals surface area contributed by atoms with E-state index < -0.39 is 0 Å². The number of hydrogen-bond acceptors (Lipinski definition) is 12. The number of anilines is 1. The number of aliphatic imine (C=N–C) groups is 1. The molecule has 13 nitrogen and oxygen atoms in total. The normalized spacial score (nSPS) is 18.7. The second kappa shape index (κ2) is 17.2. The van der Waals surface area contributed by atoms with E-state index in [2.05, 4.69) is 52.0 Å². The molecule has 2 saturated heterocycles. The molecule has 1 atom stereocenters. The second-order valence-electron chi connectivity index (χ2n) is 12.5. The summed E-state index contributed by atoms with van der Waals surface area (Å²) in [5, 5.41) is 5.88. The van der Waals surface area contributed by atoms with Crippen molar-refractivity contribution in [3.63, 3.8) is 0 Å². The number of benzene rings is 1. The molecule has 2 aliphatic heterocycles. The van der Waals surface area contributed by atoms with Crippen LogP contribution in [0.25, 0.3) is 11.1 Å². The molecule has 258 valence electrons. The molecule has 4 heterocycles. The van der Waals surface area contributed by atoms with Gasteiger partial charge < -0.3 is 25.0 Å². The van der Waals surface area contributed by atoms with Crippen molar-refractivity contribution in [3.8, 4) is 16.9 Å². The highest BCUT2D eigenvalue weighted by Crippen LogP contribution is 2.23. The number of hydrazine groups is 1. The zero-order chi connectivity index (χ0) is 33.9. The average molecular weight is 658 g/mol. The van der Waals surface area contributed by atoms with Gasteiger partial charge in [0.05, 0.1) is 31.2 Å². The summed E-state index contributed by atoms with van der Waals surface area (Å²) in [4.78, 5) is 21.2. The minimum absolute atomic E-state index is 0.196. The van der Waals surface area contributed by atoms with E-state index in [0.29, 0.717) is 50.3 Å². The molecule has 2 fully saturated rings. The first-order valence-corrected chi connectivity index (χ1v) is 16.8. The molecule has 2 aromatic heterocycles. The van der Waals surface area contributed by atoms with Gasteiger partial charge in [0.25, 0.3) is 0 Å². The lowest BCUT2D eigenvalue weighted by Gasteiger charge is -2.35. The van der Waals surface area contributed by atoms with Gasteiger partial charge in [-0.05, 0) is 44.2 Å². The summed E-state index contributed by atoms with van der Waals surface area (Å²) in [6, 6.07) is 8.12. The Morgan fingerprint density at radius 2 is 1.81 bits per heavy atom. The highest BCUT2D eigenvalue weighted by molar-refractivity contribution is 6.08. The topological polar surface area (TPSA) is 139 Å². The van der Waals surface area contributed by atoms with Gasteiger partial charge in [-0.3, -0.25) is 14.6 Å². The van der Waals surface area contributed by atoms with Gasteiger partial charge >= 0.3 is 0 Å². The Bertz CT molecular complexity index is 1520. The summed E-state index contributed by atoms with van der Waals surface area (Å²) >= 11 is 0. The molecular formula is C35H51N11O2. The van der Waals surface area contributed by atoms with E-state index in [-0.39, 0.29) is 6.10 Å². The van der Waals surface area contributed by atoms with Gasteiger partial charge in [0.15, 0.2) is 5.82 Å². The third kappa shape index (κ3) is 9.86. The Balaban J connectivity index is 1.16. The molecule has 3 aromatic rings. The number of hydrogen-bond donors (Lipinski definition) is 2. The quantitative estimate of drug-likeness (QED) is 0.150. The van der Waals surface area contributed by atoms with Crippen LogP contribution in [0, 0.1) is 0 Å². The molecule has 0 amide bonds. The van der Waals surface area contributed by atoms with Crippen molar-refractivity contribution < 1.29 is 9.47 Å². The van der Waals surface area contributed by atoms with Gasteiger partial charge in [0.2, 0.25) is 5.95 Å². The van der Waals surface area contributed by atoms with E-state index in [0.717, 1.165) is 73.7 Å². The highest BCUT2D eigenvalue weighted by Gasteiger charge is 2.25. The van der Waals surface area contributed by atoms with Crippen LogP contribution in [0.1, 0.15) is 32.3 Å². The Morgan fingerprint density at radius 3 is 2.48 bits per heavy atom. The molecule has 0 saturated carbocycles. The van der Waals surface area contributed by atoms with Crippen LogP contribution in [0.3, 0.4) is 0 Å². The fraction of sp³-hybridized carbons (Fsp3) is 0.486. The van der Waals surface area contributed by atoms with Gasteiger partial charge in [-0.1, -0.05) is 31.6 Å². The van der Waals surface area contributed by atoms with Crippen LogP contribution in [0.15, 0.2) is 77.7 Å². The number of aromatic nitrogens is 4. The summed E-state index contributed by atoms with van der Waals surface area (Å²) in [6.07, 6.45) is 13.3. The zero-order valence-electron chi connectivity index (χ0n) is 28.8. The van der Waals surface area contributed by atoms with Gasteiger partial charge in [-0.25, -0.2) is 20.8 Å². The SMILES string of the molecule is CCC/C=C/C(=N/C(=C(\C)N)N(N)CC1CN(c2ncc(-c3ccc(OCCN4CCN(C)CC4)cc3)cn2)CCO1)c1cnn(C)c1. The van der Waals surface area contributed by atoms with Crippen molar-refractivity contribution in [2.45, 2.75) is 32.8 Å². The fourth-order valence-corrected chi connectivity index (χ4v) is 5.66. The number of nitrogens with zero attached hydrogens (tertiary/aromatic N) is 9. The van der Waals surface area contributed by atoms with E-state index in [1.165, 1.54) is 0 Å². The molecule has 2 aliphatic rings. The highest BCUT2D eigenvalue weighted by atomic mass is 16.5. The van der Waals surface area contributed by atoms with E-state index in [1.807, 2.05) is 43.8 Å². The number of rotatable bonds is 14. The lowest BCUT2D eigenvalue weighted by Crippen LogP contribution is -2.49. The molecule has 13 heteroatoms. The molecule has 48 heavy (non-hydrogen) atoms. The Kier molecular flexibility index (Phi) is 12.5. The number of ether oxygens (including phenoxy) is 2. The third-order valence-corrected chi connectivity index (χ3v) is 8.50. The number of unbranched alkanes of at least 4 members (excludes halogenated alkanes) is 1. The van der Waals surface area contributed by atoms with Gasteiger partial charge in [-0.15, -0.1) is 0 Å². The van der Waals surface area contributed by atoms with Crippen molar-refractivity contribution in [1.29, 1.82) is 0 Å². The monoisotopic (exact) mass is 657 g/mol. The molecule has 0 aliphatic carbocycles. The average Bonchev–Trinajstić information content (AvgIpc) is 3.53. The lowest BCUT2D eigenvalue weighted by atomic mass is 10.1. The summed E-state index contributed by atoms with van der Waals surface area (Å²) in [5.74, 6) is 8.60. The number of allylic oxidation sites excluding steroid dienone is 3. The van der Waals surface area contributed by atoms with Crippen molar-refractivity contribution in [1.82, 2.24) is 34.6 Å².